The molecule has 0 amide bonds. The number of benzene rings is 3. The van der Waals surface area contributed by atoms with E-state index in [1.54, 1.807) is 0 Å². The van der Waals surface area contributed by atoms with Crippen LogP contribution in [0.2, 0.25) is 0 Å². The van der Waals surface area contributed by atoms with Gasteiger partial charge in [-0.25, -0.2) is 0 Å². The van der Waals surface area contributed by atoms with Crippen LogP contribution in [0.3, 0.4) is 0 Å². The van der Waals surface area contributed by atoms with Crippen molar-refractivity contribution in [3.05, 3.63) is 84.9 Å². The van der Waals surface area contributed by atoms with Crippen LogP contribution in [0.15, 0.2) is 78.9 Å². The van der Waals surface area contributed by atoms with E-state index < -0.39 is 0 Å². The molecule has 0 aliphatic rings. The van der Waals surface area contributed by atoms with Crippen molar-refractivity contribution in [2.45, 2.75) is 0 Å². The summed E-state index contributed by atoms with van der Waals surface area (Å²) in [6, 6.07) is 30.2. The maximum absolute atomic E-state index is 3.04. The van der Waals surface area contributed by atoms with Gasteiger partial charge in [-0.05, 0) is 28.3 Å². The van der Waals surface area contributed by atoms with Crippen LogP contribution in [0.5, 0.6) is 0 Å². The number of rotatable bonds is 2. The van der Waals surface area contributed by atoms with Crippen LogP contribution in [0.25, 0.3) is 22.3 Å². The molecule has 0 saturated carbocycles. The van der Waals surface area contributed by atoms with E-state index in [9.17, 15) is 0 Å². The Kier molecular flexibility index (Phi) is 2.93. The lowest BCUT2D eigenvalue weighted by Crippen LogP contribution is -1.79. The molecule has 3 rings (SSSR count). The average Bonchev–Trinajstić information content (AvgIpc) is 2.49. The lowest BCUT2D eigenvalue weighted by Gasteiger charge is -2.04. The van der Waals surface area contributed by atoms with Gasteiger partial charge >= 0.3 is 0 Å². The van der Waals surface area contributed by atoms with Crippen molar-refractivity contribution >= 4 is 0 Å². The van der Waals surface area contributed by atoms with E-state index in [1.807, 2.05) is 18.2 Å². The summed E-state index contributed by atoms with van der Waals surface area (Å²) in [4.78, 5) is 0. The Bertz CT molecular complexity index is 549. The maximum Gasteiger partial charge on any atom is -0.0184 e. The lowest BCUT2D eigenvalue weighted by molar-refractivity contribution is 1.59. The fourth-order valence-electron chi connectivity index (χ4n) is 2.07. The third-order valence-electron chi connectivity index (χ3n) is 3.04. The molecule has 0 spiro atoms. The predicted octanol–water partition coefficient (Wildman–Crippen LogP) is 4.82. The van der Waals surface area contributed by atoms with Gasteiger partial charge in [0, 0.05) is 0 Å². The molecule has 3 aromatic carbocycles. The molecular formula is C18H13. The Hall–Kier alpha value is -2.34. The van der Waals surface area contributed by atoms with Crippen LogP contribution in [0.1, 0.15) is 0 Å². The topological polar surface area (TPSA) is 0 Å². The van der Waals surface area contributed by atoms with E-state index in [1.165, 1.54) is 22.3 Å². The van der Waals surface area contributed by atoms with Gasteiger partial charge in [-0.2, -0.15) is 0 Å². The van der Waals surface area contributed by atoms with Gasteiger partial charge in [-0.1, -0.05) is 78.9 Å². The molecule has 18 heavy (non-hydrogen) atoms. The molecule has 0 aliphatic carbocycles. The van der Waals surface area contributed by atoms with Gasteiger partial charge in [0.1, 0.15) is 0 Å². The summed E-state index contributed by atoms with van der Waals surface area (Å²) >= 11 is 0. The Morgan fingerprint density at radius 3 is 1.44 bits per heavy atom. The summed E-state index contributed by atoms with van der Waals surface area (Å²) in [7, 11) is 0. The molecule has 0 atom stereocenters. The summed E-state index contributed by atoms with van der Waals surface area (Å²) in [5, 5.41) is 0. The highest BCUT2D eigenvalue weighted by atomic mass is 14.0. The minimum absolute atomic E-state index is 1.23. The largest absolute Gasteiger partial charge is 0.0622 e. The van der Waals surface area contributed by atoms with Gasteiger partial charge in [0.15, 0.2) is 0 Å². The first kappa shape index (κ1) is 10.8. The fourth-order valence-corrected chi connectivity index (χ4v) is 2.07. The summed E-state index contributed by atoms with van der Waals surface area (Å²) < 4.78 is 0. The van der Waals surface area contributed by atoms with Crippen molar-refractivity contribution in [2.24, 2.45) is 0 Å². The normalized spacial score (nSPS) is 10.2. The molecule has 0 aromatic heterocycles. The smallest absolute Gasteiger partial charge is 0.0184 e. The van der Waals surface area contributed by atoms with Crippen LogP contribution in [-0.4, -0.2) is 0 Å². The fraction of sp³-hybridized carbons (Fsp3) is 0. The molecular weight excluding hydrogens is 216 g/mol. The summed E-state index contributed by atoms with van der Waals surface area (Å²) in [5.74, 6) is 0. The summed E-state index contributed by atoms with van der Waals surface area (Å²) in [5.41, 5.74) is 4.98. The Morgan fingerprint density at radius 2 is 0.889 bits per heavy atom. The molecule has 0 saturated heterocycles. The van der Waals surface area contributed by atoms with Crippen molar-refractivity contribution in [1.82, 2.24) is 0 Å². The lowest BCUT2D eigenvalue weighted by atomic mass is 10.0. The SMILES string of the molecule is [c]1ccc(-c2ccc(-c3ccccc3)cc2)cc1. The second-order valence-corrected chi connectivity index (χ2v) is 4.23. The van der Waals surface area contributed by atoms with Crippen LogP contribution >= 0.6 is 0 Å². The molecule has 3 aromatic rings. The van der Waals surface area contributed by atoms with Crippen LogP contribution in [0.4, 0.5) is 0 Å². The van der Waals surface area contributed by atoms with E-state index in [0.29, 0.717) is 0 Å². The van der Waals surface area contributed by atoms with Crippen LogP contribution in [-0.2, 0) is 0 Å². The highest BCUT2D eigenvalue weighted by Gasteiger charge is 1.98. The monoisotopic (exact) mass is 229 g/mol. The van der Waals surface area contributed by atoms with E-state index in [0.717, 1.165) is 0 Å². The van der Waals surface area contributed by atoms with Crippen molar-refractivity contribution in [3.8, 4) is 22.3 Å². The molecule has 1 radical (unpaired) electrons. The van der Waals surface area contributed by atoms with E-state index >= 15 is 0 Å². The van der Waals surface area contributed by atoms with Crippen LogP contribution in [0, 0.1) is 6.07 Å². The van der Waals surface area contributed by atoms with E-state index in [4.69, 9.17) is 0 Å². The standard InChI is InChI=1S/C18H13/c1-3-7-15(8-4-1)17-11-13-18(14-12-17)16-9-5-2-6-10-16/h1,3-14H. The predicted molar refractivity (Wildman–Crippen MR) is 76.2 cm³/mol. The first-order chi connectivity index (χ1) is 8.93. The maximum atomic E-state index is 3.04. The summed E-state index contributed by atoms with van der Waals surface area (Å²) in [6.45, 7) is 0. The van der Waals surface area contributed by atoms with Gasteiger partial charge in [0.25, 0.3) is 0 Å². The second kappa shape index (κ2) is 4.89. The molecule has 0 nitrogen and oxygen atoms in total. The zero-order valence-electron chi connectivity index (χ0n) is 10.0. The quantitative estimate of drug-likeness (QED) is 0.591. The first-order valence-electron chi connectivity index (χ1n) is 6.05. The molecule has 0 fully saturated rings. The van der Waals surface area contributed by atoms with Gasteiger partial charge in [-0.15, -0.1) is 0 Å². The zero-order chi connectivity index (χ0) is 12.2. The third-order valence-corrected chi connectivity index (χ3v) is 3.04. The van der Waals surface area contributed by atoms with Crippen LogP contribution < -0.4 is 0 Å². The zero-order valence-corrected chi connectivity index (χ0v) is 10.0. The average molecular weight is 229 g/mol. The molecule has 0 heteroatoms. The molecule has 0 heterocycles. The molecule has 0 aliphatic heterocycles. The van der Waals surface area contributed by atoms with E-state index in [2.05, 4.69) is 66.7 Å². The van der Waals surface area contributed by atoms with Gasteiger partial charge < -0.3 is 0 Å². The second-order valence-electron chi connectivity index (χ2n) is 4.23. The minimum Gasteiger partial charge on any atom is -0.0622 e. The Morgan fingerprint density at radius 1 is 0.444 bits per heavy atom. The first-order valence-corrected chi connectivity index (χ1v) is 6.05. The van der Waals surface area contributed by atoms with Crippen molar-refractivity contribution < 1.29 is 0 Å². The van der Waals surface area contributed by atoms with Gasteiger partial charge in [0.05, 0.1) is 0 Å². The van der Waals surface area contributed by atoms with Crippen molar-refractivity contribution in [1.29, 1.82) is 0 Å². The third kappa shape index (κ3) is 2.18. The highest BCUT2D eigenvalue weighted by Crippen LogP contribution is 2.24. The highest BCUT2D eigenvalue weighted by molar-refractivity contribution is 5.70. The molecule has 0 bridgehead atoms. The minimum atomic E-state index is 1.23. The number of hydrogen-bond donors (Lipinski definition) is 0. The summed E-state index contributed by atoms with van der Waals surface area (Å²) in [6.07, 6.45) is 0. The van der Waals surface area contributed by atoms with Gasteiger partial charge in [-0.3, -0.25) is 0 Å². The number of hydrogen-bond acceptors (Lipinski definition) is 0. The van der Waals surface area contributed by atoms with Crippen molar-refractivity contribution in [3.63, 3.8) is 0 Å². The van der Waals surface area contributed by atoms with Crippen molar-refractivity contribution in [2.75, 3.05) is 0 Å². The Balaban J connectivity index is 1.95. The van der Waals surface area contributed by atoms with Gasteiger partial charge in [0.2, 0.25) is 0 Å². The molecule has 0 N–H and O–H groups in total. The molecule has 0 unspecified atom stereocenters. The van der Waals surface area contributed by atoms with E-state index in [-0.39, 0.29) is 0 Å². The molecule has 85 valence electrons. The Labute approximate surface area is 108 Å².